The van der Waals surface area contributed by atoms with Crippen LogP contribution >= 0.6 is 11.8 Å². The van der Waals surface area contributed by atoms with E-state index in [1.807, 2.05) is 72.5 Å². The number of carbonyl (C=O) groups excluding carboxylic acids is 7. The van der Waals surface area contributed by atoms with Crippen LogP contribution in [0.2, 0.25) is 0 Å². The number of hydrogen-bond acceptors (Lipinski definition) is 19. The second-order valence-corrected chi connectivity index (χ2v) is 22.8. The SMILES string of the molecule is C=Nc1cc(OCc2cc(COc3cc4c(cc3OC)C(=O)N3c5ccccc5C[C@H]3CN4)cc(N(CCOCCOCCOC)C[C@H](C)SC3CC(=O)N(CCC(=O)ON4C(=O)CCC4=O)C3=O)c2)c(OC)cc1C(=O)N1CCc2ccccc21. The largest absolute Gasteiger partial charge is 0.493 e. The maximum Gasteiger partial charge on any atom is 0.335 e. The van der Waals surface area contributed by atoms with E-state index in [1.165, 1.54) is 26.0 Å². The van der Waals surface area contributed by atoms with Gasteiger partial charge in [0.2, 0.25) is 11.8 Å². The summed E-state index contributed by atoms with van der Waals surface area (Å²) in [6.45, 7) is 9.12. The van der Waals surface area contributed by atoms with Gasteiger partial charge in [0, 0.05) is 93.5 Å². The van der Waals surface area contributed by atoms with Crippen LogP contribution in [0, 0.1) is 0 Å². The summed E-state index contributed by atoms with van der Waals surface area (Å²) in [6, 6.07) is 28.4. The normalized spacial score (nSPS) is 17.2. The van der Waals surface area contributed by atoms with Crippen molar-refractivity contribution in [3.8, 4) is 23.0 Å². The van der Waals surface area contributed by atoms with Crippen molar-refractivity contribution in [2.45, 2.75) is 75.2 Å². The van der Waals surface area contributed by atoms with Crippen molar-refractivity contribution in [3.63, 3.8) is 0 Å². The molecule has 452 valence electrons. The zero-order valence-electron chi connectivity index (χ0n) is 48.5. The molecule has 0 saturated carbocycles. The Balaban J connectivity index is 0.914. The monoisotopic (exact) mass is 1200 g/mol. The van der Waals surface area contributed by atoms with Crippen molar-refractivity contribution >= 4 is 88.3 Å². The third-order valence-corrected chi connectivity index (χ3v) is 16.8. The number of methoxy groups -OCH3 is 3. The highest BCUT2D eigenvalue weighted by Gasteiger charge is 2.41. The number of benzene rings is 5. The first-order valence-corrected chi connectivity index (χ1v) is 29.5. The molecule has 0 aromatic heterocycles. The van der Waals surface area contributed by atoms with E-state index in [9.17, 15) is 33.6 Å². The lowest BCUT2D eigenvalue weighted by molar-refractivity contribution is -0.197. The number of anilines is 4. The summed E-state index contributed by atoms with van der Waals surface area (Å²) in [6.07, 6.45) is 0.816. The Labute approximate surface area is 502 Å². The minimum Gasteiger partial charge on any atom is -0.493 e. The molecule has 0 radical (unpaired) electrons. The molecule has 5 aromatic rings. The Morgan fingerprint density at radius 1 is 0.744 bits per heavy atom. The summed E-state index contributed by atoms with van der Waals surface area (Å²) in [7, 11) is 4.63. The number of nitrogens with zero attached hydrogens (tertiary/aromatic N) is 6. The highest BCUT2D eigenvalue weighted by molar-refractivity contribution is 8.01. The fourth-order valence-corrected chi connectivity index (χ4v) is 12.6. The molecule has 1 unspecified atom stereocenters. The lowest BCUT2D eigenvalue weighted by Crippen LogP contribution is -2.39. The number of aliphatic imine (C=N–C) groups is 1. The van der Waals surface area contributed by atoms with E-state index in [0.29, 0.717) is 109 Å². The summed E-state index contributed by atoms with van der Waals surface area (Å²) in [5.74, 6) is -2.09. The van der Waals surface area contributed by atoms with Crippen molar-refractivity contribution in [2.75, 3.05) is 107 Å². The first kappa shape index (κ1) is 60.6. The van der Waals surface area contributed by atoms with Gasteiger partial charge in [0.05, 0.1) is 87.5 Å². The molecule has 23 heteroatoms. The van der Waals surface area contributed by atoms with Crippen LogP contribution in [0.5, 0.6) is 23.0 Å². The number of ether oxygens (including phenoxy) is 7. The van der Waals surface area contributed by atoms with E-state index in [2.05, 4.69) is 28.0 Å². The fraction of sp³-hybridized carbons (Fsp3) is 0.397. The number of carbonyl (C=O) groups is 7. The predicted molar refractivity (Wildman–Crippen MR) is 321 cm³/mol. The zero-order valence-corrected chi connectivity index (χ0v) is 49.4. The van der Waals surface area contributed by atoms with E-state index >= 15 is 0 Å². The van der Waals surface area contributed by atoms with Crippen molar-refractivity contribution in [1.29, 1.82) is 0 Å². The molecule has 0 aliphatic carbocycles. The number of thioether (sulfide) groups is 1. The number of rotatable bonds is 28. The van der Waals surface area contributed by atoms with Gasteiger partial charge in [0.25, 0.3) is 23.6 Å². The molecule has 2 saturated heterocycles. The quantitative estimate of drug-likeness (QED) is 0.0298. The van der Waals surface area contributed by atoms with Crippen molar-refractivity contribution < 1.29 is 71.6 Å². The predicted octanol–water partition coefficient (Wildman–Crippen LogP) is 7.13. The van der Waals surface area contributed by atoms with Crippen LogP contribution in [0.25, 0.3) is 0 Å². The molecule has 5 aromatic carbocycles. The number of para-hydroxylation sites is 2. The van der Waals surface area contributed by atoms with E-state index < -0.39 is 41.3 Å². The topological polar surface area (TPSA) is 234 Å². The number of likely N-dealkylation sites (tertiary alicyclic amines) is 1. The van der Waals surface area contributed by atoms with Crippen LogP contribution in [0.3, 0.4) is 0 Å². The van der Waals surface area contributed by atoms with Crippen LogP contribution in [-0.2, 0) is 69.1 Å². The van der Waals surface area contributed by atoms with E-state index in [1.54, 1.807) is 36.3 Å². The van der Waals surface area contributed by atoms with E-state index in [4.69, 9.17) is 38.0 Å². The molecule has 5 aliphatic rings. The molecule has 10 rings (SSSR count). The number of nitrogens with one attached hydrogen (secondary N) is 1. The molecule has 0 spiro atoms. The van der Waals surface area contributed by atoms with Crippen molar-refractivity contribution in [2.24, 2.45) is 4.99 Å². The Hall–Kier alpha value is -8.51. The second-order valence-electron chi connectivity index (χ2n) is 21.2. The van der Waals surface area contributed by atoms with Gasteiger partial charge in [-0.1, -0.05) is 43.3 Å². The molecule has 86 heavy (non-hydrogen) atoms. The molecular weight excluding hydrogens is 1130 g/mol. The van der Waals surface area contributed by atoms with Crippen LogP contribution in [0.4, 0.5) is 28.4 Å². The molecule has 3 atom stereocenters. The van der Waals surface area contributed by atoms with E-state index in [-0.39, 0.29) is 68.7 Å². The van der Waals surface area contributed by atoms with Gasteiger partial charge >= 0.3 is 5.97 Å². The minimum absolute atomic E-state index is 0.00966. The average Bonchev–Trinajstić information content (AvgIpc) is 2.10. The highest BCUT2D eigenvalue weighted by atomic mass is 32.2. The van der Waals surface area contributed by atoms with Gasteiger partial charge in [-0.2, -0.15) is 0 Å². The molecular formula is C63H69N7O15S. The smallest absolute Gasteiger partial charge is 0.335 e. The maximum atomic E-state index is 14.3. The number of imide groups is 2. The standard InChI is InChI=1S/C63H69N7O15S/c1-39(86-56-34-59(73)68(63(56)77)19-17-60(74)85-70-57(71)14-15-58(70)72)36-66(20-21-81-24-25-82-23-22-78-3)44-27-40(37-83-54-32-48(64-2)46(30-52(54)79-4)61(75)67-18-16-42-10-6-8-12-50(42)67)26-41(28-44)38-84-55-33-49-47(31-53(55)80-5)62(76)69-45(35-65-49)29-43-11-7-9-13-51(43)69/h6-13,26-28,30-33,39,45,56,65H,2,14-25,29,34-38H2,1,3-5H3/t39-,45-,56?/m0/s1. The molecule has 0 bridgehead atoms. The van der Waals surface area contributed by atoms with Crippen LogP contribution in [-0.4, -0.2) is 162 Å². The Kier molecular flexibility index (Phi) is 19.5. The number of amides is 6. The van der Waals surface area contributed by atoms with Gasteiger partial charge < -0.3 is 58.0 Å². The Morgan fingerprint density at radius 3 is 2.12 bits per heavy atom. The van der Waals surface area contributed by atoms with Crippen LogP contribution in [0.1, 0.15) is 75.6 Å². The highest BCUT2D eigenvalue weighted by Crippen LogP contribution is 2.42. The lowest BCUT2D eigenvalue weighted by Gasteiger charge is -2.29. The summed E-state index contributed by atoms with van der Waals surface area (Å²) in [5, 5.41) is 2.92. The van der Waals surface area contributed by atoms with Gasteiger partial charge in [0.15, 0.2) is 23.0 Å². The molecule has 5 aliphatic heterocycles. The summed E-state index contributed by atoms with van der Waals surface area (Å²) in [5.41, 5.74) is 7.81. The van der Waals surface area contributed by atoms with E-state index in [0.717, 1.165) is 51.5 Å². The second kappa shape index (κ2) is 27.7. The van der Waals surface area contributed by atoms with Gasteiger partial charge in [-0.3, -0.25) is 38.7 Å². The minimum atomic E-state index is -0.917. The molecule has 22 nitrogen and oxygen atoms in total. The summed E-state index contributed by atoms with van der Waals surface area (Å²) < 4.78 is 41.8. The Morgan fingerprint density at radius 2 is 1.41 bits per heavy atom. The Bertz CT molecular complexity index is 3400. The van der Waals surface area contributed by atoms with Gasteiger partial charge in [-0.25, -0.2) is 4.79 Å². The molecule has 2 fully saturated rings. The summed E-state index contributed by atoms with van der Waals surface area (Å²) in [4.78, 5) is 108. The average molecular weight is 1200 g/mol. The first-order chi connectivity index (χ1) is 41.7. The van der Waals surface area contributed by atoms with Crippen molar-refractivity contribution in [1.82, 2.24) is 9.96 Å². The number of fused-ring (bicyclic) bond motifs is 5. The summed E-state index contributed by atoms with van der Waals surface area (Å²) >= 11 is 1.33. The molecule has 1 N–H and O–H groups in total. The number of hydroxylamine groups is 2. The third-order valence-electron chi connectivity index (χ3n) is 15.5. The zero-order chi connectivity index (χ0) is 60.4. The molecule has 5 heterocycles. The van der Waals surface area contributed by atoms with Gasteiger partial charge in [-0.15, -0.1) is 16.8 Å². The van der Waals surface area contributed by atoms with Crippen LogP contribution < -0.4 is 39.0 Å². The lowest BCUT2D eigenvalue weighted by atomic mass is 10.1. The first-order valence-electron chi connectivity index (χ1n) is 28.6. The maximum absolute atomic E-state index is 14.3. The number of hydrogen-bond donors (Lipinski definition) is 1. The van der Waals surface area contributed by atoms with Gasteiger partial charge in [0.1, 0.15) is 13.2 Å². The third kappa shape index (κ3) is 13.6. The molecule has 6 amide bonds. The van der Waals surface area contributed by atoms with Crippen molar-refractivity contribution in [3.05, 3.63) is 124 Å². The fourth-order valence-electron chi connectivity index (χ4n) is 11.2. The van der Waals surface area contributed by atoms with Crippen LogP contribution in [0.15, 0.2) is 96.0 Å². The van der Waals surface area contributed by atoms with Gasteiger partial charge in [-0.05, 0) is 84.3 Å².